The molecule has 0 aliphatic rings. The van der Waals surface area contributed by atoms with Gasteiger partial charge in [-0.2, -0.15) is 0 Å². The first-order valence-corrected chi connectivity index (χ1v) is 3.65. The number of hydrogen-bond donors (Lipinski definition) is 2. The standard InChI is InChI=1S/C7H9NO6/c8-4(7(12)13)1-2-5(10)14-6(11)3-9/h3-4H,1-2,8H2,(H,12,13)/t4-/m0/s1. The van der Waals surface area contributed by atoms with E-state index in [1.165, 1.54) is 0 Å². The molecular weight excluding hydrogens is 194 g/mol. The Balaban J connectivity index is 3.80. The summed E-state index contributed by atoms with van der Waals surface area (Å²) in [5.41, 5.74) is 5.07. The van der Waals surface area contributed by atoms with Crippen LogP contribution >= 0.6 is 0 Å². The molecule has 0 fully saturated rings. The van der Waals surface area contributed by atoms with Crippen LogP contribution in [0.25, 0.3) is 0 Å². The molecule has 0 saturated heterocycles. The van der Waals surface area contributed by atoms with Crippen molar-refractivity contribution in [3.05, 3.63) is 0 Å². The van der Waals surface area contributed by atoms with E-state index in [0.717, 1.165) is 0 Å². The molecule has 0 aromatic heterocycles. The van der Waals surface area contributed by atoms with E-state index in [1.54, 1.807) is 0 Å². The molecule has 7 heteroatoms. The number of hydrogen-bond acceptors (Lipinski definition) is 6. The van der Waals surface area contributed by atoms with E-state index in [0.29, 0.717) is 0 Å². The molecule has 7 nitrogen and oxygen atoms in total. The van der Waals surface area contributed by atoms with Crippen LogP contribution in [0.1, 0.15) is 12.8 Å². The summed E-state index contributed by atoms with van der Waals surface area (Å²) >= 11 is 0. The van der Waals surface area contributed by atoms with Gasteiger partial charge in [-0.05, 0) is 6.42 Å². The number of rotatable bonds is 5. The van der Waals surface area contributed by atoms with Crippen LogP contribution in [0.4, 0.5) is 0 Å². The van der Waals surface area contributed by atoms with E-state index >= 15 is 0 Å². The highest BCUT2D eigenvalue weighted by molar-refractivity contribution is 6.22. The van der Waals surface area contributed by atoms with Gasteiger partial charge in [0.1, 0.15) is 6.04 Å². The molecule has 0 aromatic rings. The second-order valence-electron chi connectivity index (χ2n) is 2.39. The fourth-order valence-corrected chi connectivity index (χ4v) is 0.584. The average molecular weight is 203 g/mol. The zero-order valence-electron chi connectivity index (χ0n) is 7.13. The maximum Gasteiger partial charge on any atom is 0.378 e. The van der Waals surface area contributed by atoms with Gasteiger partial charge < -0.3 is 15.6 Å². The minimum atomic E-state index is -1.31. The molecule has 0 saturated carbocycles. The Morgan fingerprint density at radius 3 is 2.43 bits per heavy atom. The summed E-state index contributed by atoms with van der Waals surface area (Å²) in [7, 11) is 0. The molecule has 0 aliphatic carbocycles. The zero-order valence-corrected chi connectivity index (χ0v) is 7.13. The molecule has 0 radical (unpaired) electrons. The van der Waals surface area contributed by atoms with Crippen LogP contribution in [-0.2, 0) is 23.9 Å². The Morgan fingerprint density at radius 2 is 2.00 bits per heavy atom. The van der Waals surface area contributed by atoms with Crippen LogP contribution in [0.15, 0.2) is 0 Å². The number of carboxylic acid groups (broad SMARTS) is 1. The molecule has 0 aromatic carbocycles. The van der Waals surface area contributed by atoms with E-state index in [9.17, 15) is 19.2 Å². The van der Waals surface area contributed by atoms with Gasteiger partial charge in [-0.1, -0.05) is 0 Å². The van der Waals surface area contributed by atoms with Crippen molar-refractivity contribution in [1.29, 1.82) is 0 Å². The molecular formula is C7H9NO6. The predicted octanol–water partition coefficient (Wildman–Crippen LogP) is -1.55. The molecule has 3 N–H and O–H groups in total. The van der Waals surface area contributed by atoms with Crippen molar-refractivity contribution in [3.63, 3.8) is 0 Å². The molecule has 14 heavy (non-hydrogen) atoms. The van der Waals surface area contributed by atoms with Gasteiger partial charge in [0.25, 0.3) is 0 Å². The van der Waals surface area contributed by atoms with Crippen molar-refractivity contribution in [2.75, 3.05) is 0 Å². The highest BCUT2D eigenvalue weighted by Gasteiger charge is 2.15. The molecule has 0 bridgehead atoms. The summed E-state index contributed by atoms with van der Waals surface area (Å²) in [5, 5.41) is 8.32. The lowest BCUT2D eigenvalue weighted by atomic mass is 10.2. The molecule has 0 spiro atoms. The Kier molecular flexibility index (Phi) is 5.08. The minimum Gasteiger partial charge on any atom is -0.480 e. The first-order valence-electron chi connectivity index (χ1n) is 3.65. The van der Waals surface area contributed by atoms with Crippen molar-refractivity contribution in [2.45, 2.75) is 18.9 Å². The fourth-order valence-electron chi connectivity index (χ4n) is 0.584. The van der Waals surface area contributed by atoms with Crippen molar-refractivity contribution < 1.29 is 29.0 Å². The number of carbonyl (C=O) groups excluding carboxylic acids is 3. The van der Waals surface area contributed by atoms with E-state index in [4.69, 9.17) is 10.8 Å². The third kappa shape index (κ3) is 4.99. The van der Waals surface area contributed by atoms with Crippen molar-refractivity contribution in [1.82, 2.24) is 0 Å². The van der Waals surface area contributed by atoms with E-state index in [1.807, 2.05) is 0 Å². The summed E-state index contributed by atoms with van der Waals surface area (Å²) in [6.45, 7) is 0. The van der Waals surface area contributed by atoms with Crippen LogP contribution in [-0.4, -0.2) is 35.3 Å². The highest BCUT2D eigenvalue weighted by atomic mass is 16.6. The van der Waals surface area contributed by atoms with Crippen molar-refractivity contribution in [2.24, 2.45) is 5.73 Å². The van der Waals surface area contributed by atoms with Crippen LogP contribution < -0.4 is 5.73 Å². The van der Waals surface area contributed by atoms with Gasteiger partial charge in [0.05, 0.1) is 0 Å². The highest BCUT2D eigenvalue weighted by Crippen LogP contribution is 1.97. The second-order valence-corrected chi connectivity index (χ2v) is 2.39. The number of carboxylic acids is 1. The Hall–Kier alpha value is -1.76. The lowest BCUT2D eigenvalue weighted by Crippen LogP contribution is -2.31. The average Bonchev–Trinajstić information content (AvgIpc) is 2.13. The largest absolute Gasteiger partial charge is 0.480 e. The second kappa shape index (κ2) is 5.81. The van der Waals surface area contributed by atoms with Gasteiger partial charge >= 0.3 is 17.9 Å². The van der Waals surface area contributed by atoms with E-state index in [2.05, 4.69) is 4.74 Å². The van der Waals surface area contributed by atoms with Crippen LogP contribution in [0.5, 0.6) is 0 Å². The number of ether oxygens (including phenoxy) is 1. The molecule has 0 rings (SSSR count). The monoisotopic (exact) mass is 203 g/mol. The third-order valence-electron chi connectivity index (χ3n) is 1.29. The summed E-state index contributed by atoms with van der Waals surface area (Å²) in [6.07, 6.45) is -0.637. The summed E-state index contributed by atoms with van der Waals surface area (Å²) in [6, 6.07) is -1.19. The van der Waals surface area contributed by atoms with Gasteiger partial charge in [0.15, 0.2) is 0 Å². The Labute approximate surface area is 78.8 Å². The SMILES string of the molecule is N[C@@H](CCC(=O)OC(=O)C=O)C(=O)O. The molecule has 1 atom stereocenters. The number of esters is 2. The van der Waals surface area contributed by atoms with Crippen molar-refractivity contribution >= 4 is 24.2 Å². The normalized spacial score (nSPS) is 11.5. The number of nitrogens with two attached hydrogens (primary N) is 1. The van der Waals surface area contributed by atoms with Gasteiger partial charge in [-0.3, -0.25) is 14.4 Å². The molecule has 0 aliphatic heterocycles. The number of carbonyl (C=O) groups is 4. The number of aldehydes is 1. The Bertz CT molecular complexity index is 261. The zero-order chi connectivity index (χ0) is 11.1. The smallest absolute Gasteiger partial charge is 0.378 e. The third-order valence-corrected chi connectivity index (χ3v) is 1.29. The minimum absolute atomic E-state index is 0.152. The van der Waals surface area contributed by atoms with E-state index in [-0.39, 0.29) is 19.1 Å². The first-order chi connectivity index (χ1) is 6.47. The predicted molar refractivity (Wildman–Crippen MR) is 42.0 cm³/mol. The quantitative estimate of drug-likeness (QED) is 0.240. The van der Waals surface area contributed by atoms with Crippen LogP contribution in [0, 0.1) is 0 Å². The fraction of sp³-hybridized carbons (Fsp3) is 0.429. The molecule has 0 unspecified atom stereocenters. The van der Waals surface area contributed by atoms with Gasteiger partial charge in [0, 0.05) is 6.42 Å². The lowest BCUT2D eigenvalue weighted by molar-refractivity contribution is -0.161. The van der Waals surface area contributed by atoms with Crippen molar-refractivity contribution in [3.8, 4) is 0 Å². The Morgan fingerprint density at radius 1 is 1.43 bits per heavy atom. The van der Waals surface area contributed by atoms with Crippen LogP contribution in [0.2, 0.25) is 0 Å². The number of aliphatic carboxylic acids is 1. The first kappa shape index (κ1) is 12.2. The van der Waals surface area contributed by atoms with Gasteiger partial charge in [-0.15, -0.1) is 0 Å². The maximum atomic E-state index is 10.7. The summed E-state index contributed by atoms with van der Waals surface area (Å²) in [4.78, 5) is 40.9. The molecule has 0 amide bonds. The van der Waals surface area contributed by atoms with Gasteiger partial charge in [-0.25, -0.2) is 4.79 Å². The lowest BCUT2D eigenvalue weighted by Gasteiger charge is -2.03. The summed E-state index contributed by atoms with van der Waals surface area (Å²) in [5.74, 6) is -3.53. The van der Waals surface area contributed by atoms with E-state index < -0.39 is 23.9 Å². The summed E-state index contributed by atoms with van der Waals surface area (Å²) < 4.78 is 3.94. The maximum absolute atomic E-state index is 10.7. The van der Waals surface area contributed by atoms with Crippen LogP contribution in [0.3, 0.4) is 0 Å². The van der Waals surface area contributed by atoms with Gasteiger partial charge in [0.2, 0.25) is 6.29 Å². The topological polar surface area (TPSA) is 124 Å². The molecule has 78 valence electrons. The molecule has 0 heterocycles.